The Labute approximate surface area is 109 Å². The quantitative estimate of drug-likeness (QED) is 0.812. The van der Waals surface area contributed by atoms with Crippen LogP contribution in [0.15, 0.2) is 4.52 Å². The van der Waals surface area contributed by atoms with Crippen LogP contribution in [-0.2, 0) is 0 Å². The molecule has 0 aromatic carbocycles. The molecule has 0 saturated heterocycles. The second-order valence-corrected chi connectivity index (χ2v) is 5.44. The van der Waals surface area contributed by atoms with E-state index in [1.807, 2.05) is 13.8 Å². The number of nitrogens with zero attached hydrogens (tertiary/aromatic N) is 1. The molecule has 0 spiro atoms. The number of aryl methyl sites for hydroxylation is 2. The van der Waals surface area contributed by atoms with Crippen LogP contribution in [0.3, 0.4) is 0 Å². The maximum atomic E-state index is 10.1. The molecule has 1 aliphatic carbocycles. The van der Waals surface area contributed by atoms with Gasteiger partial charge in [0.2, 0.25) is 0 Å². The Morgan fingerprint density at radius 3 is 2.67 bits per heavy atom. The zero-order valence-electron chi connectivity index (χ0n) is 11.6. The van der Waals surface area contributed by atoms with Crippen molar-refractivity contribution in [3.05, 3.63) is 17.0 Å². The van der Waals surface area contributed by atoms with Gasteiger partial charge in [-0.1, -0.05) is 24.4 Å². The first-order valence-corrected chi connectivity index (χ1v) is 6.96. The fourth-order valence-corrected chi connectivity index (χ4v) is 3.00. The van der Waals surface area contributed by atoms with Gasteiger partial charge in [0.1, 0.15) is 5.76 Å². The van der Waals surface area contributed by atoms with E-state index in [1.165, 1.54) is 12.8 Å². The Bertz CT molecular complexity index is 370. The first-order valence-electron chi connectivity index (χ1n) is 6.96. The summed E-state index contributed by atoms with van der Waals surface area (Å²) in [5.74, 6) is 0.871. The fourth-order valence-electron chi connectivity index (χ4n) is 3.00. The number of hydrogen-bond donors (Lipinski definition) is 2. The van der Waals surface area contributed by atoms with Crippen molar-refractivity contribution in [3.63, 3.8) is 0 Å². The van der Waals surface area contributed by atoms with Crippen molar-refractivity contribution in [3.8, 4) is 0 Å². The largest absolute Gasteiger partial charge is 0.392 e. The third-order valence-corrected chi connectivity index (χ3v) is 3.97. The van der Waals surface area contributed by atoms with Gasteiger partial charge in [0.15, 0.2) is 0 Å². The van der Waals surface area contributed by atoms with Gasteiger partial charge in [-0.2, -0.15) is 0 Å². The molecule has 2 rings (SSSR count). The van der Waals surface area contributed by atoms with Gasteiger partial charge in [0.05, 0.1) is 11.8 Å². The minimum atomic E-state index is -0.226. The van der Waals surface area contributed by atoms with Crippen molar-refractivity contribution in [2.45, 2.75) is 71.1 Å². The number of aromatic nitrogens is 1. The molecule has 1 aliphatic rings. The van der Waals surface area contributed by atoms with E-state index in [4.69, 9.17) is 4.52 Å². The molecule has 4 heteroatoms. The summed E-state index contributed by atoms with van der Waals surface area (Å²) in [7, 11) is 0. The van der Waals surface area contributed by atoms with Gasteiger partial charge in [0, 0.05) is 17.6 Å². The highest BCUT2D eigenvalue weighted by Gasteiger charge is 2.25. The average Bonchev–Trinajstić information content (AvgIpc) is 2.53. The molecule has 3 unspecified atom stereocenters. The smallest absolute Gasteiger partial charge is 0.138 e. The van der Waals surface area contributed by atoms with Gasteiger partial charge in [-0.05, 0) is 33.6 Å². The molecule has 0 aliphatic heterocycles. The van der Waals surface area contributed by atoms with Crippen molar-refractivity contribution >= 4 is 0 Å². The maximum Gasteiger partial charge on any atom is 0.138 e. The Balaban J connectivity index is 2.04. The highest BCUT2D eigenvalue weighted by Crippen LogP contribution is 2.25. The Morgan fingerprint density at radius 1 is 1.28 bits per heavy atom. The first-order chi connectivity index (χ1) is 8.59. The fraction of sp³-hybridized carbons (Fsp3) is 0.786. The summed E-state index contributed by atoms with van der Waals surface area (Å²) in [6.07, 6.45) is 5.30. The summed E-state index contributed by atoms with van der Waals surface area (Å²) in [6.45, 7) is 6.02. The summed E-state index contributed by atoms with van der Waals surface area (Å²) in [5, 5.41) is 17.7. The maximum absolute atomic E-state index is 10.1. The van der Waals surface area contributed by atoms with Crippen LogP contribution in [0.4, 0.5) is 0 Å². The van der Waals surface area contributed by atoms with Gasteiger partial charge in [-0.3, -0.25) is 0 Å². The summed E-state index contributed by atoms with van der Waals surface area (Å²) in [6, 6.07) is 0.366. The third-order valence-electron chi connectivity index (χ3n) is 3.97. The molecule has 1 heterocycles. The number of nitrogens with one attached hydrogen (secondary N) is 1. The van der Waals surface area contributed by atoms with Crippen LogP contribution in [0, 0.1) is 13.8 Å². The number of aliphatic hydroxyl groups is 1. The van der Waals surface area contributed by atoms with E-state index >= 15 is 0 Å². The van der Waals surface area contributed by atoms with Crippen molar-refractivity contribution in [1.29, 1.82) is 0 Å². The van der Waals surface area contributed by atoms with Crippen LogP contribution in [0.2, 0.25) is 0 Å². The molecule has 0 radical (unpaired) electrons. The van der Waals surface area contributed by atoms with Crippen LogP contribution >= 0.6 is 0 Å². The lowest BCUT2D eigenvalue weighted by Crippen LogP contribution is -2.40. The molecular weight excluding hydrogens is 228 g/mol. The first kappa shape index (κ1) is 13.6. The van der Waals surface area contributed by atoms with E-state index in [2.05, 4.69) is 17.4 Å². The lowest BCUT2D eigenvalue weighted by atomic mass is 10.0. The van der Waals surface area contributed by atoms with E-state index in [0.717, 1.165) is 36.3 Å². The Hall–Kier alpha value is -0.870. The van der Waals surface area contributed by atoms with E-state index in [1.54, 1.807) is 0 Å². The van der Waals surface area contributed by atoms with Gasteiger partial charge < -0.3 is 14.9 Å². The normalized spacial score (nSPS) is 26.9. The third kappa shape index (κ3) is 2.93. The van der Waals surface area contributed by atoms with Gasteiger partial charge >= 0.3 is 0 Å². The highest BCUT2D eigenvalue weighted by atomic mass is 16.5. The van der Waals surface area contributed by atoms with E-state index in [0.29, 0.717) is 0 Å². The summed E-state index contributed by atoms with van der Waals surface area (Å²) >= 11 is 0. The van der Waals surface area contributed by atoms with Crippen molar-refractivity contribution in [1.82, 2.24) is 10.5 Å². The predicted octanol–water partition coefficient (Wildman–Crippen LogP) is 2.64. The molecule has 4 nitrogen and oxygen atoms in total. The average molecular weight is 252 g/mol. The van der Waals surface area contributed by atoms with Gasteiger partial charge in [-0.15, -0.1) is 0 Å². The van der Waals surface area contributed by atoms with E-state index in [9.17, 15) is 5.11 Å². The monoisotopic (exact) mass is 252 g/mol. The van der Waals surface area contributed by atoms with Crippen LogP contribution in [0.1, 0.15) is 62.1 Å². The predicted molar refractivity (Wildman–Crippen MR) is 70.4 cm³/mol. The van der Waals surface area contributed by atoms with E-state index < -0.39 is 0 Å². The lowest BCUT2D eigenvalue weighted by Gasteiger charge is -2.26. The molecule has 18 heavy (non-hydrogen) atoms. The molecule has 1 fully saturated rings. The zero-order valence-corrected chi connectivity index (χ0v) is 11.6. The summed E-state index contributed by atoms with van der Waals surface area (Å²) in [4.78, 5) is 0. The van der Waals surface area contributed by atoms with E-state index in [-0.39, 0.29) is 18.2 Å². The molecule has 0 bridgehead atoms. The summed E-state index contributed by atoms with van der Waals surface area (Å²) in [5.41, 5.74) is 2.07. The number of hydrogen-bond acceptors (Lipinski definition) is 4. The van der Waals surface area contributed by atoms with Crippen LogP contribution in [0.25, 0.3) is 0 Å². The number of aliphatic hydroxyl groups excluding tert-OH is 1. The van der Waals surface area contributed by atoms with Gasteiger partial charge in [0.25, 0.3) is 0 Å². The minimum absolute atomic E-state index is 0.175. The van der Waals surface area contributed by atoms with Crippen molar-refractivity contribution in [2.24, 2.45) is 0 Å². The van der Waals surface area contributed by atoms with Crippen LogP contribution in [0.5, 0.6) is 0 Å². The van der Waals surface area contributed by atoms with Crippen molar-refractivity contribution < 1.29 is 9.63 Å². The number of rotatable bonds is 3. The second kappa shape index (κ2) is 5.85. The minimum Gasteiger partial charge on any atom is -0.392 e. The Morgan fingerprint density at radius 2 is 2.00 bits per heavy atom. The zero-order chi connectivity index (χ0) is 13.1. The molecule has 102 valence electrons. The topological polar surface area (TPSA) is 58.3 Å². The highest BCUT2D eigenvalue weighted by molar-refractivity contribution is 5.24. The molecular formula is C14H24N2O2. The Kier molecular flexibility index (Phi) is 4.40. The van der Waals surface area contributed by atoms with Crippen molar-refractivity contribution in [2.75, 3.05) is 0 Å². The lowest BCUT2D eigenvalue weighted by molar-refractivity contribution is 0.114. The molecule has 1 aromatic rings. The molecule has 2 N–H and O–H groups in total. The molecule has 3 atom stereocenters. The van der Waals surface area contributed by atoms with Gasteiger partial charge in [-0.25, -0.2) is 0 Å². The molecule has 1 saturated carbocycles. The molecule has 1 aromatic heterocycles. The second-order valence-electron chi connectivity index (χ2n) is 5.44. The van der Waals surface area contributed by atoms with Crippen LogP contribution < -0.4 is 5.32 Å². The standard InChI is InChI=1S/C14H24N2O2/c1-9(14-10(2)16-18-11(14)3)15-12-7-5-4-6-8-13(12)17/h9,12-13,15,17H,4-8H2,1-3H3. The van der Waals surface area contributed by atoms with Crippen LogP contribution in [-0.4, -0.2) is 22.4 Å². The summed E-state index contributed by atoms with van der Waals surface area (Å²) < 4.78 is 5.20. The SMILES string of the molecule is Cc1noc(C)c1C(C)NC1CCCCCC1O. The molecule has 0 amide bonds.